The van der Waals surface area contributed by atoms with Gasteiger partial charge in [0.05, 0.1) is 5.56 Å². The highest BCUT2D eigenvalue weighted by atomic mass is 32.2. The van der Waals surface area contributed by atoms with E-state index in [0.29, 0.717) is 18.8 Å². The zero-order valence-electron chi connectivity index (χ0n) is 10.5. The van der Waals surface area contributed by atoms with E-state index in [0.717, 1.165) is 6.07 Å². The molecule has 0 amide bonds. The Balaban J connectivity index is 2.80. The van der Waals surface area contributed by atoms with Crippen molar-refractivity contribution < 1.29 is 22.1 Å². The summed E-state index contributed by atoms with van der Waals surface area (Å²) in [5.41, 5.74) is 4.60. The highest BCUT2D eigenvalue weighted by Crippen LogP contribution is 2.33. The Labute approximate surface area is 112 Å². The first-order valence-electron chi connectivity index (χ1n) is 5.64. The van der Waals surface area contributed by atoms with Gasteiger partial charge in [-0.1, -0.05) is 6.07 Å². The maximum Gasteiger partial charge on any atom is 0.416 e. The number of hydrogen-bond acceptors (Lipinski definition) is 3. The van der Waals surface area contributed by atoms with Crippen molar-refractivity contribution in [2.75, 3.05) is 25.2 Å². The van der Waals surface area contributed by atoms with Crippen LogP contribution in [-0.2, 0) is 27.5 Å². The molecule has 2 N–H and O–H groups in total. The van der Waals surface area contributed by atoms with Gasteiger partial charge in [-0.25, -0.2) is 0 Å². The minimum absolute atomic E-state index is 0.0115. The Morgan fingerprint density at radius 3 is 2.63 bits per heavy atom. The minimum Gasteiger partial charge on any atom is -0.399 e. The van der Waals surface area contributed by atoms with Gasteiger partial charge in [-0.05, 0) is 24.1 Å². The van der Waals surface area contributed by atoms with Crippen LogP contribution in [0.4, 0.5) is 18.9 Å². The van der Waals surface area contributed by atoms with Crippen molar-refractivity contribution in [3.05, 3.63) is 29.3 Å². The predicted octanol–water partition coefficient (Wildman–Crippen LogP) is 2.57. The zero-order valence-corrected chi connectivity index (χ0v) is 11.3. The van der Waals surface area contributed by atoms with E-state index < -0.39 is 22.5 Å². The van der Waals surface area contributed by atoms with E-state index in [1.54, 1.807) is 0 Å². The lowest BCUT2D eigenvalue weighted by atomic mass is 10.1. The van der Waals surface area contributed by atoms with Crippen LogP contribution in [0.3, 0.4) is 0 Å². The van der Waals surface area contributed by atoms with Gasteiger partial charge >= 0.3 is 6.18 Å². The molecular formula is C12H16F3NO2S. The number of halogens is 3. The summed E-state index contributed by atoms with van der Waals surface area (Å²) in [6, 6.07) is 3.55. The topological polar surface area (TPSA) is 52.3 Å². The van der Waals surface area contributed by atoms with Crippen molar-refractivity contribution in [3.8, 4) is 0 Å². The second-order valence-electron chi connectivity index (χ2n) is 4.05. The number of methoxy groups -OCH3 is 1. The number of anilines is 1. The lowest BCUT2D eigenvalue weighted by molar-refractivity contribution is -0.138. The molecule has 0 bridgehead atoms. The molecule has 1 unspecified atom stereocenters. The fraction of sp³-hybridized carbons (Fsp3) is 0.500. The summed E-state index contributed by atoms with van der Waals surface area (Å²) in [5.74, 6) is 0.189. The molecular weight excluding hydrogens is 279 g/mol. The molecule has 0 spiro atoms. The lowest BCUT2D eigenvalue weighted by Gasteiger charge is -2.13. The number of alkyl halides is 3. The van der Waals surface area contributed by atoms with E-state index in [9.17, 15) is 17.4 Å². The molecule has 1 atom stereocenters. The zero-order chi connectivity index (χ0) is 14.5. The van der Waals surface area contributed by atoms with Gasteiger partial charge in [0.2, 0.25) is 0 Å². The summed E-state index contributed by atoms with van der Waals surface area (Å²) < 4.78 is 54.9. The number of nitrogens with two attached hydrogens (primary N) is 1. The average molecular weight is 295 g/mol. The van der Waals surface area contributed by atoms with Crippen molar-refractivity contribution in [1.82, 2.24) is 0 Å². The first-order valence-corrected chi connectivity index (χ1v) is 7.13. The first kappa shape index (κ1) is 16.0. The van der Waals surface area contributed by atoms with Gasteiger partial charge in [-0.15, -0.1) is 0 Å². The summed E-state index contributed by atoms with van der Waals surface area (Å²) in [4.78, 5) is 0. The molecule has 7 heteroatoms. The molecule has 19 heavy (non-hydrogen) atoms. The smallest absolute Gasteiger partial charge is 0.399 e. The van der Waals surface area contributed by atoms with Crippen molar-refractivity contribution in [2.45, 2.75) is 18.3 Å². The molecule has 0 fully saturated rings. The number of rotatable bonds is 6. The average Bonchev–Trinajstić information content (AvgIpc) is 2.30. The second kappa shape index (κ2) is 6.91. The normalized spacial score (nSPS) is 13.5. The van der Waals surface area contributed by atoms with Gasteiger partial charge in [0.1, 0.15) is 0 Å². The first-order chi connectivity index (χ1) is 8.84. The molecule has 0 aliphatic heterocycles. The van der Waals surface area contributed by atoms with Crippen LogP contribution in [0.5, 0.6) is 0 Å². The van der Waals surface area contributed by atoms with Crippen LogP contribution in [0.1, 0.15) is 17.5 Å². The molecule has 0 aliphatic rings. The van der Waals surface area contributed by atoms with Crippen LogP contribution in [0.15, 0.2) is 18.2 Å². The molecule has 0 radical (unpaired) electrons. The number of benzene rings is 1. The van der Waals surface area contributed by atoms with Crippen LogP contribution < -0.4 is 5.73 Å². The molecule has 0 aromatic heterocycles. The summed E-state index contributed by atoms with van der Waals surface area (Å²) in [6.07, 6.45) is -3.93. The number of hydrogen-bond donors (Lipinski definition) is 1. The van der Waals surface area contributed by atoms with Crippen LogP contribution >= 0.6 is 0 Å². The van der Waals surface area contributed by atoms with Crippen molar-refractivity contribution in [3.63, 3.8) is 0 Å². The fourth-order valence-corrected chi connectivity index (χ4v) is 2.78. The van der Waals surface area contributed by atoms with Crippen molar-refractivity contribution in [1.29, 1.82) is 0 Å². The minimum atomic E-state index is -4.48. The van der Waals surface area contributed by atoms with E-state index in [2.05, 4.69) is 0 Å². The van der Waals surface area contributed by atoms with Crippen molar-refractivity contribution >= 4 is 16.5 Å². The third-order valence-electron chi connectivity index (χ3n) is 2.48. The highest BCUT2D eigenvalue weighted by molar-refractivity contribution is 7.84. The maximum atomic E-state index is 12.8. The lowest BCUT2D eigenvalue weighted by Crippen LogP contribution is -2.12. The molecule has 0 saturated heterocycles. The van der Waals surface area contributed by atoms with Crippen LogP contribution in [-0.4, -0.2) is 23.7 Å². The highest BCUT2D eigenvalue weighted by Gasteiger charge is 2.33. The van der Waals surface area contributed by atoms with Crippen molar-refractivity contribution in [2.24, 2.45) is 0 Å². The van der Waals surface area contributed by atoms with Gasteiger partial charge in [0.25, 0.3) is 0 Å². The molecule has 3 nitrogen and oxygen atoms in total. The summed E-state index contributed by atoms with van der Waals surface area (Å²) in [6.45, 7) is 0.444. The van der Waals surface area contributed by atoms with E-state index in [1.165, 1.54) is 19.2 Å². The molecule has 1 aromatic carbocycles. The molecule has 108 valence electrons. The Morgan fingerprint density at radius 2 is 2.05 bits per heavy atom. The van der Waals surface area contributed by atoms with Crippen LogP contribution in [0.2, 0.25) is 0 Å². The Bertz CT molecular complexity index is 449. The second-order valence-corrected chi connectivity index (χ2v) is 5.63. The SMILES string of the molecule is COCCCS(=O)Cc1ccc(N)cc1C(F)(F)F. The third kappa shape index (κ3) is 5.20. The monoisotopic (exact) mass is 295 g/mol. The molecule has 1 rings (SSSR count). The molecule has 0 saturated carbocycles. The number of nitrogen functional groups attached to an aromatic ring is 1. The molecule has 0 heterocycles. The van der Waals surface area contributed by atoms with E-state index in [4.69, 9.17) is 10.5 Å². The van der Waals surface area contributed by atoms with E-state index in [1.807, 2.05) is 0 Å². The Morgan fingerprint density at radius 1 is 1.37 bits per heavy atom. The maximum absolute atomic E-state index is 12.8. The van der Waals surface area contributed by atoms with Crippen LogP contribution in [0.25, 0.3) is 0 Å². The molecule has 1 aromatic rings. The largest absolute Gasteiger partial charge is 0.416 e. The number of ether oxygens (including phenoxy) is 1. The summed E-state index contributed by atoms with van der Waals surface area (Å²) in [5, 5.41) is 0. The van der Waals surface area contributed by atoms with Gasteiger partial charge in [-0.3, -0.25) is 4.21 Å². The van der Waals surface area contributed by atoms with Gasteiger partial charge in [0.15, 0.2) is 0 Å². The Kier molecular flexibility index (Phi) is 5.81. The fourth-order valence-electron chi connectivity index (χ4n) is 1.59. The standard InChI is InChI=1S/C12H16F3NO2S/c1-18-5-2-6-19(17)8-9-3-4-10(16)7-11(9)12(13,14)15/h3-4,7H,2,5-6,8,16H2,1H3. The Hall–Kier alpha value is -1.08. The predicted molar refractivity (Wildman–Crippen MR) is 69.1 cm³/mol. The van der Waals surface area contributed by atoms with Gasteiger partial charge in [-0.2, -0.15) is 13.2 Å². The van der Waals surface area contributed by atoms with Crippen LogP contribution in [0, 0.1) is 0 Å². The van der Waals surface area contributed by atoms with Gasteiger partial charge < -0.3 is 10.5 Å². The summed E-state index contributed by atoms with van der Waals surface area (Å²) in [7, 11) is 0.173. The summed E-state index contributed by atoms with van der Waals surface area (Å²) >= 11 is 0. The van der Waals surface area contributed by atoms with E-state index >= 15 is 0 Å². The molecule has 0 aliphatic carbocycles. The quantitative estimate of drug-likeness (QED) is 0.648. The van der Waals surface area contributed by atoms with E-state index in [-0.39, 0.29) is 17.0 Å². The third-order valence-corrected chi connectivity index (χ3v) is 3.85. The van der Waals surface area contributed by atoms with Gasteiger partial charge in [0, 0.05) is 41.7 Å².